The molecule has 1 aromatic heterocycles. The minimum atomic E-state index is -0.187. The van der Waals surface area contributed by atoms with E-state index < -0.39 is 0 Å². The second kappa shape index (κ2) is 5.27. The lowest BCUT2D eigenvalue weighted by Crippen LogP contribution is -2.52. The summed E-state index contributed by atoms with van der Waals surface area (Å²) in [7, 11) is 0. The van der Waals surface area contributed by atoms with Crippen molar-refractivity contribution in [3.05, 3.63) is 22.4 Å². The average Bonchev–Trinajstić information content (AvgIpc) is 2.64. The van der Waals surface area contributed by atoms with E-state index >= 15 is 0 Å². The molecule has 1 aromatic rings. The van der Waals surface area contributed by atoms with Gasteiger partial charge in [0, 0.05) is 5.54 Å². The van der Waals surface area contributed by atoms with Gasteiger partial charge in [0.1, 0.15) is 0 Å². The van der Waals surface area contributed by atoms with Crippen LogP contribution in [0, 0.1) is 0 Å². The van der Waals surface area contributed by atoms with Crippen LogP contribution in [0.3, 0.4) is 0 Å². The normalized spacial score (nSPS) is 10.7. The number of rotatable bonds is 1. The summed E-state index contributed by atoms with van der Waals surface area (Å²) >= 11 is 6.40. The van der Waals surface area contributed by atoms with Gasteiger partial charge in [-0.2, -0.15) is 0 Å². The van der Waals surface area contributed by atoms with Crippen LogP contribution in [-0.4, -0.2) is 16.6 Å². The minimum Gasteiger partial charge on any atom is -0.357 e. The van der Waals surface area contributed by atoms with Gasteiger partial charge in [-0.25, -0.2) is 0 Å². The van der Waals surface area contributed by atoms with Crippen molar-refractivity contribution in [1.82, 2.24) is 16.2 Å². The second-order valence-corrected chi connectivity index (χ2v) is 5.62. The molecule has 3 N–H and O–H groups in total. The molecule has 0 aliphatic rings. The minimum absolute atomic E-state index is 0.127. The molecule has 88 valence electrons. The molecule has 0 saturated heterocycles. The average molecular weight is 257 g/mol. The fourth-order valence-corrected chi connectivity index (χ4v) is 1.93. The number of nitrogens with one attached hydrogen (secondary N) is 3. The van der Waals surface area contributed by atoms with Gasteiger partial charge in [-0.1, -0.05) is 6.07 Å². The van der Waals surface area contributed by atoms with Crippen LogP contribution in [0.5, 0.6) is 0 Å². The number of hydrogen-bond donors (Lipinski definition) is 3. The highest BCUT2D eigenvalue weighted by Crippen LogP contribution is 2.07. The molecule has 0 aliphatic heterocycles. The highest BCUT2D eigenvalue weighted by atomic mass is 32.1. The molecular weight excluding hydrogens is 242 g/mol. The first-order valence-corrected chi connectivity index (χ1v) is 6.09. The van der Waals surface area contributed by atoms with Crippen LogP contribution in [0.2, 0.25) is 0 Å². The van der Waals surface area contributed by atoms with Crippen LogP contribution in [0.25, 0.3) is 0 Å². The zero-order valence-electron chi connectivity index (χ0n) is 9.46. The van der Waals surface area contributed by atoms with E-state index in [4.69, 9.17) is 12.2 Å². The zero-order chi connectivity index (χ0) is 12.2. The Hall–Kier alpha value is -1.14. The van der Waals surface area contributed by atoms with Crippen molar-refractivity contribution in [2.75, 3.05) is 0 Å². The summed E-state index contributed by atoms with van der Waals surface area (Å²) in [5.74, 6) is -0.187. The van der Waals surface area contributed by atoms with Gasteiger partial charge in [-0.15, -0.1) is 11.3 Å². The second-order valence-electron chi connectivity index (χ2n) is 4.26. The Balaban J connectivity index is 2.35. The standard InChI is InChI=1S/C10H15N3OS2/c1-10(2,3)11-9(15)13-12-8(14)7-5-4-6-16-7/h4-6H,1-3H3,(H,12,14)(H2,11,13,15). The van der Waals surface area contributed by atoms with Gasteiger partial charge in [0.2, 0.25) is 0 Å². The maximum absolute atomic E-state index is 11.5. The van der Waals surface area contributed by atoms with Crippen molar-refractivity contribution in [1.29, 1.82) is 0 Å². The van der Waals surface area contributed by atoms with E-state index in [0.717, 1.165) is 0 Å². The van der Waals surface area contributed by atoms with Gasteiger partial charge in [-0.05, 0) is 44.4 Å². The van der Waals surface area contributed by atoms with Crippen molar-refractivity contribution in [3.8, 4) is 0 Å². The summed E-state index contributed by atoms with van der Waals surface area (Å²) in [4.78, 5) is 12.2. The summed E-state index contributed by atoms with van der Waals surface area (Å²) in [5, 5.41) is 5.28. The Labute approximate surface area is 104 Å². The molecule has 0 saturated carbocycles. The van der Waals surface area contributed by atoms with Crippen molar-refractivity contribution in [2.24, 2.45) is 0 Å². The highest BCUT2D eigenvalue weighted by Gasteiger charge is 2.11. The van der Waals surface area contributed by atoms with E-state index in [1.165, 1.54) is 11.3 Å². The first kappa shape index (κ1) is 12.9. The van der Waals surface area contributed by atoms with E-state index in [1.54, 1.807) is 6.07 Å². The van der Waals surface area contributed by atoms with Crippen molar-refractivity contribution >= 4 is 34.6 Å². The molecule has 0 spiro atoms. The van der Waals surface area contributed by atoms with E-state index in [0.29, 0.717) is 9.99 Å². The molecule has 1 rings (SSSR count). The first-order chi connectivity index (χ1) is 7.38. The van der Waals surface area contributed by atoms with Crippen molar-refractivity contribution < 1.29 is 4.79 Å². The topological polar surface area (TPSA) is 53.2 Å². The Morgan fingerprint density at radius 1 is 1.38 bits per heavy atom. The molecule has 6 heteroatoms. The molecule has 4 nitrogen and oxygen atoms in total. The fraction of sp³-hybridized carbons (Fsp3) is 0.400. The van der Waals surface area contributed by atoms with E-state index in [1.807, 2.05) is 32.2 Å². The van der Waals surface area contributed by atoms with Crippen molar-refractivity contribution in [3.63, 3.8) is 0 Å². The summed E-state index contributed by atoms with van der Waals surface area (Å²) in [6, 6.07) is 3.58. The zero-order valence-corrected chi connectivity index (χ0v) is 11.1. The number of thiocarbonyl (C=S) groups is 1. The number of hydrogen-bond acceptors (Lipinski definition) is 3. The molecule has 1 heterocycles. The van der Waals surface area contributed by atoms with E-state index in [-0.39, 0.29) is 11.4 Å². The molecule has 0 aromatic carbocycles. The van der Waals surface area contributed by atoms with Crippen LogP contribution >= 0.6 is 23.6 Å². The van der Waals surface area contributed by atoms with Gasteiger partial charge in [0.25, 0.3) is 5.91 Å². The van der Waals surface area contributed by atoms with Crippen LogP contribution < -0.4 is 16.2 Å². The maximum atomic E-state index is 11.5. The maximum Gasteiger partial charge on any atom is 0.279 e. The third-order valence-corrected chi connectivity index (χ3v) is 2.60. The Morgan fingerprint density at radius 3 is 2.56 bits per heavy atom. The molecule has 0 atom stereocenters. The molecule has 0 unspecified atom stereocenters. The van der Waals surface area contributed by atoms with E-state index in [2.05, 4.69) is 16.2 Å². The number of amides is 1. The Morgan fingerprint density at radius 2 is 2.06 bits per heavy atom. The third-order valence-electron chi connectivity index (χ3n) is 1.52. The number of hydrazine groups is 1. The quantitative estimate of drug-likeness (QED) is 0.529. The lowest BCUT2D eigenvalue weighted by atomic mass is 10.1. The van der Waals surface area contributed by atoms with Gasteiger partial charge < -0.3 is 5.32 Å². The molecule has 1 amide bonds. The van der Waals surface area contributed by atoms with Crippen LogP contribution in [0.15, 0.2) is 17.5 Å². The lowest BCUT2D eigenvalue weighted by molar-refractivity contribution is 0.0947. The monoisotopic (exact) mass is 257 g/mol. The summed E-state index contributed by atoms with van der Waals surface area (Å²) in [6.07, 6.45) is 0. The summed E-state index contributed by atoms with van der Waals surface area (Å²) in [5.41, 5.74) is 5.05. The molecule has 0 bridgehead atoms. The number of carbonyl (C=O) groups is 1. The predicted octanol–water partition coefficient (Wildman–Crippen LogP) is 1.66. The van der Waals surface area contributed by atoms with Crippen LogP contribution in [0.1, 0.15) is 30.4 Å². The van der Waals surface area contributed by atoms with Gasteiger partial charge in [0.05, 0.1) is 4.88 Å². The van der Waals surface area contributed by atoms with E-state index in [9.17, 15) is 4.79 Å². The van der Waals surface area contributed by atoms with Gasteiger partial charge >= 0.3 is 0 Å². The molecule has 0 aliphatic carbocycles. The highest BCUT2D eigenvalue weighted by molar-refractivity contribution is 7.80. The van der Waals surface area contributed by atoms with Gasteiger partial charge in [-0.3, -0.25) is 15.6 Å². The number of carbonyl (C=O) groups excluding carboxylic acids is 1. The van der Waals surface area contributed by atoms with Gasteiger partial charge in [0.15, 0.2) is 5.11 Å². The molecule has 16 heavy (non-hydrogen) atoms. The smallest absolute Gasteiger partial charge is 0.279 e. The lowest BCUT2D eigenvalue weighted by Gasteiger charge is -2.22. The van der Waals surface area contributed by atoms with Crippen molar-refractivity contribution in [2.45, 2.75) is 26.3 Å². The summed E-state index contributed by atoms with van der Waals surface area (Å²) < 4.78 is 0. The Bertz CT molecular complexity index is 368. The number of thiophene rings is 1. The summed E-state index contributed by atoms with van der Waals surface area (Å²) in [6.45, 7) is 5.96. The first-order valence-electron chi connectivity index (χ1n) is 4.80. The van der Waals surface area contributed by atoms with Crippen LogP contribution in [-0.2, 0) is 0 Å². The molecule has 0 fully saturated rings. The fourth-order valence-electron chi connectivity index (χ4n) is 0.955. The largest absolute Gasteiger partial charge is 0.357 e. The molecule has 0 radical (unpaired) electrons. The SMILES string of the molecule is CC(C)(C)NC(=S)NNC(=O)c1cccs1. The predicted molar refractivity (Wildman–Crippen MR) is 70.4 cm³/mol. The molecular formula is C10H15N3OS2. The van der Waals surface area contributed by atoms with Crippen LogP contribution in [0.4, 0.5) is 0 Å². The Kier molecular flexibility index (Phi) is 4.26. The third kappa shape index (κ3) is 4.59.